The van der Waals surface area contributed by atoms with Gasteiger partial charge in [0.1, 0.15) is 5.60 Å². The molecule has 1 N–H and O–H groups in total. The van der Waals surface area contributed by atoms with Crippen LogP contribution in [0.5, 0.6) is 0 Å². The van der Waals surface area contributed by atoms with Gasteiger partial charge < -0.3 is 10.1 Å². The van der Waals surface area contributed by atoms with Crippen LogP contribution >= 0.6 is 0 Å². The Bertz CT molecular complexity index is 538. The van der Waals surface area contributed by atoms with E-state index < -0.39 is 17.7 Å². The number of Topliss-reactive ketones (excluding diaryl/α,β-unsaturated/α-hetero) is 1. The molecule has 4 heteroatoms. The predicted octanol–water partition coefficient (Wildman–Crippen LogP) is 3.71. The van der Waals surface area contributed by atoms with E-state index in [-0.39, 0.29) is 5.78 Å². The summed E-state index contributed by atoms with van der Waals surface area (Å²) in [6.45, 7) is 12.5. The van der Waals surface area contributed by atoms with E-state index in [9.17, 15) is 9.59 Å². The summed E-state index contributed by atoms with van der Waals surface area (Å²) >= 11 is 0. The third kappa shape index (κ3) is 5.42. The minimum Gasteiger partial charge on any atom is -0.444 e. The summed E-state index contributed by atoms with van der Waals surface area (Å²) in [4.78, 5) is 23.6. The Balaban J connectivity index is 2.98. The molecule has 1 rings (SSSR count). The minimum atomic E-state index is -0.598. The quantitative estimate of drug-likeness (QED) is 0.860. The zero-order valence-electron chi connectivity index (χ0n) is 13.3. The monoisotopic (exact) mass is 289 g/mol. The molecule has 0 saturated carbocycles. The normalized spacial score (nSPS) is 12.4. The summed E-state index contributed by atoms with van der Waals surface area (Å²) in [5, 5.41) is 2.71. The molecule has 1 aromatic carbocycles. The lowest BCUT2D eigenvalue weighted by Gasteiger charge is -2.24. The molecule has 0 heterocycles. The molecule has 0 aliphatic carbocycles. The van der Waals surface area contributed by atoms with Gasteiger partial charge in [-0.25, -0.2) is 4.79 Å². The first-order valence-electron chi connectivity index (χ1n) is 6.86. The van der Waals surface area contributed by atoms with Gasteiger partial charge in [-0.05, 0) is 40.2 Å². The van der Waals surface area contributed by atoms with Crippen LogP contribution in [0.2, 0.25) is 0 Å². The number of benzene rings is 1. The highest BCUT2D eigenvalue weighted by Gasteiger charge is 2.24. The number of alkyl carbamates (subject to hydrolysis) is 1. The highest BCUT2D eigenvalue weighted by Crippen LogP contribution is 2.22. The SMILES string of the molecule is C=C(C(C)=O)C(NC(=O)OC(C)(C)C)c1ccc(C)cc1. The van der Waals surface area contributed by atoms with Crippen LogP contribution in [0.3, 0.4) is 0 Å². The van der Waals surface area contributed by atoms with E-state index in [1.54, 1.807) is 20.8 Å². The van der Waals surface area contributed by atoms with Crippen molar-refractivity contribution < 1.29 is 14.3 Å². The largest absolute Gasteiger partial charge is 0.444 e. The fraction of sp³-hybridized carbons (Fsp3) is 0.412. The minimum absolute atomic E-state index is 0.170. The van der Waals surface area contributed by atoms with Crippen LogP contribution in [-0.2, 0) is 9.53 Å². The number of aryl methyl sites for hydroxylation is 1. The van der Waals surface area contributed by atoms with Crippen molar-refractivity contribution in [3.8, 4) is 0 Å². The maximum atomic E-state index is 12.0. The summed E-state index contributed by atoms with van der Waals surface area (Å²) < 4.78 is 5.24. The number of carbonyl (C=O) groups is 2. The smallest absolute Gasteiger partial charge is 0.408 e. The van der Waals surface area contributed by atoms with E-state index in [1.807, 2.05) is 31.2 Å². The van der Waals surface area contributed by atoms with Gasteiger partial charge in [-0.2, -0.15) is 0 Å². The summed E-state index contributed by atoms with van der Waals surface area (Å²) in [6.07, 6.45) is -0.574. The number of ketones is 1. The Labute approximate surface area is 126 Å². The molecule has 1 aromatic rings. The van der Waals surface area contributed by atoms with Crippen LogP contribution in [0.4, 0.5) is 4.79 Å². The molecule has 21 heavy (non-hydrogen) atoms. The van der Waals surface area contributed by atoms with Crippen LogP contribution in [0.15, 0.2) is 36.4 Å². The Kier molecular flexibility index (Phi) is 5.30. The van der Waals surface area contributed by atoms with Gasteiger partial charge in [-0.1, -0.05) is 36.4 Å². The topological polar surface area (TPSA) is 55.4 Å². The number of rotatable bonds is 4. The molecule has 0 aromatic heterocycles. The van der Waals surface area contributed by atoms with Crippen LogP contribution in [0.25, 0.3) is 0 Å². The van der Waals surface area contributed by atoms with Gasteiger partial charge in [0.15, 0.2) is 5.78 Å². The van der Waals surface area contributed by atoms with Crippen molar-refractivity contribution in [1.29, 1.82) is 0 Å². The summed E-state index contributed by atoms with van der Waals surface area (Å²) in [5.74, 6) is -0.170. The highest BCUT2D eigenvalue weighted by molar-refractivity contribution is 5.94. The maximum absolute atomic E-state index is 12.0. The van der Waals surface area contributed by atoms with E-state index in [0.717, 1.165) is 11.1 Å². The molecule has 114 valence electrons. The van der Waals surface area contributed by atoms with Crippen molar-refractivity contribution in [1.82, 2.24) is 5.32 Å². The van der Waals surface area contributed by atoms with Crippen molar-refractivity contribution in [2.75, 3.05) is 0 Å². The first-order valence-corrected chi connectivity index (χ1v) is 6.86. The standard InChI is InChI=1S/C17H23NO3/c1-11-7-9-14(10-8-11)15(12(2)13(3)19)18-16(20)21-17(4,5)6/h7-10,15H,2H2,1,3-6H3,(H,18,20). The van der Waals surface area contributed by atoms with E-state index in [4.69, 9.17) is 4.74 Å². The van der Waals surface area contributed by atoms with Gasteiger partial charge in [-0.15, -0.1) is 0 Å². The summed E-state index contributed by atoms with van der Waals surface area (Å²) in [6, 6.07) is 6.99. The van der Waals surface area contributed by atoms with Gasteiger partial charge in [-0.3, -0.25) is 4.79 Å². The number of ether oxygens (including phenoxy) is 1. The van der Waals surface area contributed by atoms with Crippen molar-refractivity contribution in [2.45, 2.75) is 46.3 Å². The molecule has 0 aliphatic heterocycles. The van der Waals surface area contributed by atoms with Crippen LogP contribution < -0.4 is 5.32 Å². The van der Waals surface area contributed by atoms with Crippen molar-refractivity contribution in [3.05, 3.63) is 47.5 Å². The second kappa shape index (κ2) is 6.57. The molecule has 1 atom stereocenters. The maximum Gasteiger partial charge on any atom is 0.408 e. The Morgan fingerprint density at radius 2 is 1.71 bits per heavy atom. The Morgan fingerprint density at radius 1 is 1.19 bits per heavy atom. The lowest BCUT2D eigenvalue weighted by molar-refractivity contribution is -0.113. The summed E-state index contributed by atoms with van der Waals surface area (Å²) in [5.41, 5.74) is 1.62. The second-order valence-corrected chi connectivity index (χ2v) is 6.07. The second-order valence-electron chi connectivity index (χ2n) is 6.07. The average molecular weight is 289 g/mol. The van der Waals surface area contributed by atoms with Gasteiger partial charge in [0.2, 0.25) is 0 Å². The molecule has 0 radical (unpaired) electrons. The molecule has 0 spiro atoms. The molecule has 1 unspecified atom stereocenters. The molecular formula is C17H23NO3. The highest BCUT2D eigenvalue weighted by atomic mass is 16.6. The fourth-order valence-electron chi connectivity index (χ4n) is 1.76. The van der Waals surface area contributed by atoms with E-state index >= 15 is 0 Å². The summed E-state index contributed by atoms with van der Waals surface area (Å²) in [7, 11) is 0. The van der Waals surface area contributed by atoms with E-state index in [1.165, 1.54) is 6.92 Å². The first kappa shape index (κ1) is 17.0. The molecule has 1 amide bonds. The third-order valence-corrected chi connectivity index (χ3v) is 2.87. The van der Waals surface area contributed by atoms with Gasteiger partial charge >= 0.3 is 6.09 Å². The van der Waals surface area contributed by atoms with Gasteiger partial charge in [0.25, 0.3) is 0 Å². The van der Waals surface area contributed by atoms with Crippen LogP contribution in [-0.4, -0.2) is 17.5 Å². The molecule has 4 nitrogen and oxygen atoms in total. The predicted molar refractivity (Wildman–Crippen MR) is 83.1 cm³/mol. The third-order valence-electron chi connectivity index (χ3n) is 2.87. The van der Waals surface area contributed by atoms with Crippen molar-refractivity contribution in [3.63, 3.8) is 0 Å². The first-order chi connectivity index (χ1) is 9.60. The molecule has 0 saturated heterocycles. The number of nitrogens with one attached hydrogen (secondary N) is 1. The van der Waals surface area contributed by atoms with Crippen molar-refractivity contribution >= 4 is 11.9 Å². The van der Waals surface area contributed by atoms with Crippen molar-refractivity contribution in [2.24, 2.45) is 0 Å². The van der Waals surface area contributed by atoms with Crippen LogP contribution in [0.1, 0.15) is 44.9 Å². The molecule has 0 aliphatic rings. The lowest BCUT2D eigenvalue weighted by atomic mass is 9.97. The van der Waals surface area contributed by atoms with Gasteiger partial charge in [0, 0.05) is 5.57 Å². The Morgan fingerprint density at radius 3 is 2.14 bits per heavy atom. The van der Waals surface area contributed by atoms with E-state index in [2.05, 4.69) is 11.9 Å². The number of hydrogen-bond acceptors (Lipinski definition) is 3. The number of carbonyl (C=O) groups excluding carboxylic acids is 2. The fourth-order valence-corrected chi connectivity index (χ4v) is 1.76. The number of hydrogen-bond donors (Lipinski definition) is 1. The average Bonchev–Trinajstić information content (AvgIpc) is 2.34. The molecule has 0 fully saturated rings. The van der Waals surface area contributed by atoms with E-state index in [0.29, 0.717) is 5.57 Å². The molecular weight excluding hydrogens is 266 g/mol. The number of amides is 1. The van der Waals surface area contributed by atoms with Gasteiger partial charge in [0.05, 0.1) is 6.04 Å². The zero-order chi connectivity index (χ0) is 16.2. The lowest BCUT2D eigenvalue weighted by Crippen LogP contribution is -2.36. The Hall–Kier alpha value is -2.10. The molecule has 0 bridgehead atoms. The van der Waals surface area contributed by atoms with Crippen LogP contribution in [0, 0.1) is 6.92 Å². The zero-order valence-corrected chi connectivity index (χ0v) is 13.3.